The summed E-state index contributed by atoms with van der Waals surface area (Å²) in [6.45, 7) is 0.870. The number of para-hydroxylation sites is 2. The Kier molecular flexibility index (Phi) is 5.24. The molecule has 0 radical (unpaired) electrons. The van der Waals surface area contributed by atoms with Crippen LogP contribution in [0, 0.1) is 0 Å². The van der Waals surface area contributed by atoms with Crippen LogP contribution in [0.2, 0.25) is 0 Å². The van der Waals surface area contributed by atoms with Gasteiger partial charge in [0, 0.05) is 18.4 Å². The van der Waals surface area contributed by atoms with Crippen LogP contribution < -0.4 is 10.2 Å². The predicted octanol–water partition coefficient (Wildman–Crippen LogP) is 4.20. The quantitative estimate of drug-likeness (QED) is 0.679. The molecule has 2 heterocycles. The summed E-state index contributed by atoms with van der Waals surface area (Å²) in [5, 5.41) is 2.79. The lowest BCUT2D eigenvalue weighted by atomic mass is 10.0. The Bertz CT molecular complexity index is 1060. The number of rotatable bonds is 4. The van der Waals surface area contributed by atoms with E-state index in [4.69, 9.17) is 4.74 Å². The monoisotopic (exact) mass is 387 g/mol. The molecule has 1 aromatic heterocycles. The summed E-state index contributed by atoms with van der Waals surface area (Å²) in [6, 6.07) is 16.9. The molecule has 146 valence electrons. The van der Waals surface area contributed by atoms with E-state index >= 15 is 0 Å². The van der Waals surface area contributed by atoms with E-state index in [2.05, 4.69) is 27.3 Å². The minimum Gasteiger partial charge on any atom is -0.465 e. The Morgan fingerprint density at radius 1 is 1.07 bits per heavy atom. The van der Waals surface area contributed by atoms with Gasteiger partial charge in [0.05, 0.1) is 35.8 Å². The standard InChI is InChI=1S/C23H21N3O3/c1-29-23(28)19-9-3-4-10-20(19)25-22(27)17-13-18(15-24-14-17)26-12-6-8-16-7-2-5-11-21(16)26/h2-5,7,9-11,13-15H,6,8,12H2,1H3,(H,25,27). The molecule has 0 aliphatic carbocycles. The molecule has 0 fully saturated rings. The number of anilines is 3. The van der Waals surface area contributed by atoms with Gasteiger partial charge in [0.2, 0.25) is 0 Å². The molecule has 0 spiro atoms. The molecule has 0 atom stereocenters. The minimum atomic E-state index is -0.502. The van der Waals surface area contributed by atoms with Crippen molar-refractivity contribution in [3.8, 4) is 0 Å². The van der Waals surface area contributed by atoms with Crippen LogP contribution in [0.3, 0.4) is 0 Å². The van der Waals surface area contributed by atoms with Crippen LogP contribution in [0.15, 0.2) is 67.0 Å². The number of aromatic nitrogens is 1. The maximum atomic E-state index is 12.8. The number of hydrogen-bond acceptors (Lipinski definition) is 5. The molecule has 29 heavy (non-hydrogen) atoms. The van der Waals surface area contributed by atoms with Gasteiger partial charge in [-0.15, -0.1) is 0 Å². The van der Waals surface area contributed by atoms with Crippen LogP contribution in [0.25, 0.3) is 0 Å². The Morgan fingerprint density at radius 2 is 1.86 bits per heavy atom. The van der Waals surface area contributed by atoms with Gasteiger partial charge in [-0.1, -0.05) is 30.3 Å². The number of nitrogens with zero attached hydrogens (tertiary/aromatic N) is 2. The number of fused-ring (bicyclic) bond motifs is 1. The van der Waals surface area contributed by atoms with E-state index in [9.17, 15) is 9.59 Å². The van der Waals surface area contributed by atoms with E-state index in [1.165, 1.54) is 18.9 Å². The maximum absolute atomic E-state index is 12.8. The zero-order valence-corrected chi connectivity index (χ0v) is 16.1. The van der Waals surface area contributed by atoms with E-state index in [-0.39, 0.29) is 5.91 Å². The largest absolute Gasteiger partial charge is 0.465 e. The Balaban J connectivity index is 1.61. The number of carbonyl (C=O) groups is 2. The van der Waals surface area contributed by atoms with E-state index in [0.717, 1.165) is 30.8 Å². The highest BCUT2D eigenvalue weighted by Crippen LogP contribution is 2.33. The van der Waals surface area contributed by atoms with Gasteiger partial charge in [0.15, 0.2) is 0 Å². The summed E-state index contributed by atoms with van der Waals surface area (Å²) in [6.07, 6.45) is 5.38. The average molecular weight is 387 g/mol. The van der Waals surface area contributed by atoms with E-state index in [0.29, 0.717) is 16.8 Å². The number of ether oxygens (including phenoxy) is 1. The summed E-state index contributed by atoms with van der Waals surface area (Å²) >= 11 is 0. The molecule has 0 unspecified atom stereocenters. The van der Waals surface area contributed by atoms with Crippen molar-refractivity contribution in [3.05, 3.63) is 83.7 Å². The minimum absolute atomic E-state index is 0.303. The Morgan fingerprint density at radius 3 is 2.72 bits per heavy atom. The summed E-state index contributed by atoms with van der Waals surface area (Å²) in [4.78, 5) is 31.2. The van der Waals surface area contributed by atoms with Crippen molar-refractivity contribution in [2.75, 3.05) is 23.9 Å². The molecule has 1 N–H and O–H groups in total. The third-order valence-electron chi connectivity index (χ3n) is 4.99. The fraction of sp³-hybridized carbons (Fsp3) is 0.174. The number of aryl methyl sites for hydroxylation is 1. The van der Waals surface area contributed by atoms with Crippen LogP contribution in [0.5, 0.6) is 0 Å². The van der Waals surface area contributed by atoms with Crippen molar-refractivity contribution in [3.63, 3.8) is 0 Å². The number of carbonyl (C=O) groups excluding carboxylic acids is 2. The number of benzene rings is 2. The summed E-state index contributed by atoms with van der Waals surface area (Å²) < 4.78 is 4.79. The third-order valence-corrected chi connectivity index (χ3v) is 4.99. The van der Waals surface area contributed by atoms with Gasteiger partial charge in [0.25, 0.3) is 5.91 Å². The fourth-order valence-corrected chi connectivity index (χ4v) is 3.58. The first-order valence-electron chi connectivity index (χ1n) is 9.46. The summed E-state index contributed by atoms with van der Waals surface area (Å²) in [5.41, 5.74) is 4.43. The highest BCUT2D eigenvalue weighted by atomic mass is 16.5. The van der Waals surface area contributed by atoms with Crippen LogP contribution in [0.4, 0.5) is 17.1 Å². The molecular formula is C23H21N3O3. The maximum Gasteiger partial charge on any atom is 0.339 e. The second kappa shape index (κ2) is 8.14. The lowest BCUT2D eigenvalue weighted by Gasteiger charge is -2.31. The highest BCUT2D eigenvalue weighted by molar-refractivity contribution is 6.08. The first-order valence-corrected chi connectivity index (χ1v) is 9.46. The Hall–Kier alpha value is -3.67. The number of hydrogen-bond donors (Lipinski definition) is 1. The molecule has 2 aromatic carbocycles. The summed E-state index contributed by atoms with van der Waals surface area (Å²) in [7, 11) is 1.31. The van der Waals surface area contributed by atoms with Gasteiger partial charge in [0.1, 0.15) is 0 Å². The van der Waals surface area contributed by atoms with Gasteiger partial charge >= 0.3 is 5.97 Å². The summed E-state index contributed by atoms with van der Waals surface area (Å²) in [5.74, 6) is -0.835. The van der Waals surface area contributed by atoms with Gasteiger partial charge in [-0.2, -0.15) is 0 Å². The fourth-order valence-electron chi connectivity index (χ4n) is 3.58. The molecule has 0 saturated heterocycles. The van der Waals surface area contributed by atoms with Crippen molar-refractivity contribution < 1.29 is 14.3 Å². The second-order valence-corrected chi connectivity index (χ2v) is 6.81. The number of pyridine rings is 1. The van der Waals surface area contributed by atoms with Crippen molar-refractivity contribution in [1.82, 2.24) is 4.98 Å². The average Bonchev–Trinajstić information content (AvgIpc) is 2.78. The molecular weight excluding hydrogens is 366 g/mol. The van der Waals surface area contributed by atoms with Crippen molar-refractivity contribution in [2.45, 2.75) is 12.8 Å². The highest BCUT2D eigenvalue weighted by Gasteiger charge is 2.20. The molecule has 6 nitrogen and oxygen atoms in total. The normalized spacial score (nSPS) is 12.8. The molecule has 1 aliphatic rings. The van der Waals surface area contributed by atoms with Gasteiger partial charge < -0.3 is 15.0 Å². The first kappa shape index (κ1) is 18.7. The SMILES string of the molecule is COC(=O)c1ccccc1NC(=O)c1cncc(N2CCCc3ccccc32)c1. The van der Waals surface area contributed by atoms with Crippen LogP contribution in [-0.4, -0.2) is 30.5 Å². The van der Waals surface area contributed by atoms with E-state index in [1.807, 2.05) is 18.2 Å². The van der Waals surface area contributed by atoms with Crippen molar-refractivity contribution >= 4 is 28.9 Å². The molecule has 6 heteroatoms. The zero-order valence-electron chi connectivity index (χ0n) is 16.1. The van der Waals surface area contributed by atoms with Crippen molar-refractivity contribution in [1.29, 1.82) is 0 Å². The van der Waals surface area contributed by atoms with Crippen LogP contribution >= 0.6 is 0 Å². The Labute approximate surface area is 169 Å². The van der Waals surface area contributed by atoms with Gasteiger partial charge in [-0.05, 0) is 42.7 Å². The molecule has 3 aromatic rings. The predicted molar refractivity (Wildman–Crippen MR) is 112 cm³/mol. The lowest BCUT2D eigenvalue weighted by molar-refractivity contribution is 0.0602. The molecule has 1 aliphatic heterocycles. The van der Waals surface area contributed by atoms with E-state index < -0.39 is 5.97 Å². The van der Waals surface area contributed by atoms with Crippen LogP contribution in [0.1, 0.15) is 32.7 Å². The number of methoxy groups -OCH3 is 1. The van der Waals surface area contributed by atoms with Crippen molar-refractivity contribution in [2.24, 2.45) is 0 Å². The molecule has 1 amide bonds. The zero-order chi connectivity index (χ0) is 20.2. The smallest absolute Gasteiger partial charge is 0.339 e. The molecule has 4 rings (SSSR count). The third kappa shape index (κ3) is 3.82. The molecule has 0 saturated carbocycles. The van der Waals surface area contributed by atoms with Gasteiger partial charge in [-0.25, -0.2) is 4.79 Å². The second-order valence-electron chi connectivity index (χ2n) is 6.81. The van der Waals surface area contributed by atoms with Gasteiger partial charge in [-0.3, -0.25) is 9.78 Å². The number of nitrogens with one attached hydrogen (secondary N) is 1. The number of amides is 1. The van der Waals surface area contributed by atoms with Crippen LogP contribution in [-0.2, 0) is 11.2 Å². The molecule has 0 bridgehead atoms. The first-order chi connectivity index (χ1) is 14.2. The lowest BCUT2D eigenvalue weighted by Crippen LogP contribution is -2.25. The number of esters is 1. The van der Waals surface area contributed by atoms with E-state index in [1.54, 1.807) is 30.5 Å². The topological polar surface area (TPSA) is 71.5 Å².